The molecule has 3 nitrogen and oxygen atoms in total. The van der Waals surface area contributed by atoms with Gasteiger partial charge in [0.25, 0.3) is 5.91 Å². The molecular weight excluding hydrogens is 292 g/mol. The third-order valence-electron chi connectivity index (χ3n) is 5.05. The van der Waals surface area contributed by atoms with E-state index in [9.17, 15) is 4.79 Å². The Morgan fingerprint density at radius 3 is 2.73 bits per heavy atom. The summed E-state index contributed by atoms with van der Waals surface area (Å²) < 4.78 is 0. The Balaban J connectivity index is 1.67. The largest absolute Gasteiger partial charge is 0.329 e. The van der Waals surface area contributed by atoms with Crippen LogP contribution in [-0.4, -0.2) is 28.0 Å². The second-order valence-electron chi connectivity index (χ2n) is 6.16. The van der Waals surface area contributed by atoms with Crippen LogP contribution in [-0.2, 0) is 4.79 Å². The molecule has 5 rings (SSSR count). The van der Waals surface area contributed by atoms with Gasteiger partial charge in [-0.05, 0) is 30.1 Å². The molecule has 0 spiro atoms. The smallest absolute Gasteiger partial charge is 0.256 e. The summed E-state index contributed by atoms with van der Waals surface area (Å²) in [6.07, 6.45) is 5.40. The van der Waals surface area contributed by atoms with E-state index in [2.05, 4.69) is 35.3 Å². The van der Waals surface area contributed by atoms with Gasteiger partial charge in [0.05, 0.1) is 11.7 Å². The highest BCUT2D eigenvalue weighted by atomic mass is 32.1. The highest BCUT2D eigenvalue weighted by Crippen LogP contribution is 2.44. The van der Waals surface area contributed by atoms with Gasteiger partial charge in [0.2, 0.25) is 0 Å². The molecule has 108 valence electrons. The number of benzene rings is 2. The molecule has 22 heavy (non-hydrogen) atoms. The number of thiocarbonyl (C=S) groups is 1. The van der Waals surface area contributed by atoms with Crippen molar-refractivity contribution in [3.63, 3.8) is 0 Å². The number of anilines is 1. The first-order valence-electron chi connectivity index (χ1n) is 7.58. The zero-order valence-corrected chi connectivity index (χ0v) is 12.7. The Kier molecular flexibility index (Phi) is 2.34. The summed E-state index contributed by atoms with van der Waals surface area (Å²) in [4.78, 5) is 16.9. The minimum atomic E-state index is -0.0959. The average molecular weight is 306 g/mol. The van der Waals surface area contributed by atoms with Gasteiger partial charge >= 0.3 is 0 Å². The van der Waals surface area contributed by atoms with Crippen molar-refractivity contribution < 1.29 is 4.79 Å². The number of nitrogens with zero attached hydrogens (tertiary/aromatic N) is 2. The van der Waals surface area contributed by atoms with Crippen LogP contribution >= 0.6 is 12.2 Å². The number of hydrogen-bond donors (Lipinski definition) is 0. The maximum Gasteiger partial charge on any atom is 0.256 e. The number of carbonyl (C=O) groups excluding carboxylic acids is 1. The van der Waals surface area contributed by atoms with Gasteiger partial charge in [-0.3, -0.25) is 9.69 Å². The molecule has 4 heteroatoms. The first-order chi connectivity index (χ1) is 10.8. The van der Waals surface area contributed by atoms with Gasteiger partial charge in [-0.2, -0.15) is 0 Å². The van der Waals surface area contributed by atoms with Crippen LogP contribution in [0.3, 0.4) is 0 Å². The lowest BCUT2D eigenvalue weighted by atomic mass is 10.0. The fourth-order valence-corrected chi connectivity index (χ4v) is 4.53. The topological polar surface area (TPSA) is 23.6 Å². The van der Waals surface area contributed by atoms with Crippen LogP contribution in [0, 0.1) is 5.92 Å². The zero-order chi connectivity index (χ0) is 14.8. The molecular formula is C18H14N2OS. The molecule has 2 aromatic rings. The van der Waals surface area contributed by atoms with Gasteiger partial charge in [-0.15, -0.1) is 0 Å². The molecule has 0 saturated carbocycles. The van der Waals surface area contributed by atoms with Crippen LogP contribution in [0.5, 0.6) is 0 Å². The Bertz CT molecular complexity index is 824. The van der Waals surface area contributed by atoms with E-state index < -0.39 is 0 Å². The van der Waals surface area contributed by atoms with E-state index >= 15 is 0 Å². The minimum absolute atomic E-state index is 0.0959. The first kappa shape index (κ1) is 12.4. The summed E-state index contributed by atoms with van der Waals surface area (Å²) in [5, 5.41) is 2.86. The molecule has 2 saturated heterocycles. The number of fused-ring (bicyclic) bond motifs is 6. The molecule has 1 amide bonds. The van der Waals surface area contributed by atoms with Gasteiger partial charge < -0.3 is 4.90 Å². The van der Waals surface area contributed by atoms with E-state index in [1.807, 2.05) is 24.3 Å². The van der Waals surface area contributed by atoms with Crippen molar-refractivity contribution in [1.82, 2.24) is 4.90 Å². The minimum Gasteiger partial charge on any atom is -0.329 e. The lowest BCUT2D eigenvalue weighted by Crippen LogP contribution is -2.38. The Hall–Kier alpha value is -2.20. The fourth-order valence-electron chi connectivity index (χ4n) is 4.09. The maximum atomic E-state index is 13.0. The SMILES string of the molecule is O=C1C2[C@@H]3C=C[C@@H](C3)N2C(=S)N1c1cccc2ccccc12. The average Bonchev–Trinajstić information content (AvgIpc) is 3.21. The number of carbonyl (C=O) groups is 1. The van der Waals surface area contributed by atoms with Crippen molar-refractivity contribution in [2.24, 2.45) is 5.92 Å². The van der Waals surface area contributed by atoms with Crippen LogP contribution in [0.2, 0.25) is 0 Å². The maximum absolute atomic E-state index is 13.0. The fraction of sp³-hybridized carbons (Fsp3) is 0.222. The second-order valence-corrected chi connectivity index (χ2v) is 6.52. The van der Waals surface area contributed by atoms with E-state index in [0.29, 0.717) is 17.1 Å². The normalized spacial score (nSPS) is 29.0. The van der Waals surface area contributed by atoms with Crippen molar-refractivity contribution in [3.05, 3.63) is 54.6 Å². The molecule has 1 unspecified atom stereocenters. The molecule has 0 N–H and O–H groups in total. The third kappa shape index (κ3) is 1.40. The quantitative estimate of drug-likeness (QED) is 0.597. The summed E-state index contributed by atoms with van der Waals surface area (Å²) in [5.41, 5.74) is 0.905. The molecule has 3 atom stereocenters. The lowest BCUT2D eigenvalue weighted by molar-refractivity contribution is -0.119. The number of rotatable bonds is 1. The lowest BCUT2D eigenvalue weighted by Gasteiger charge is -2.25. The van der Waals surface area contributed by atoms with Gasteiger partial charge in [0.15, 0.2) is 5.11 Å². The van der Waals surface area contributed by atoms with Crippen molar-refractivity contribution >= 4 is 39.7 Å². The summed E-state index contributed by atoms with van der Waals surface area (Å²) >= 11 is 5.66. The van der Waals surface area contributed by atoms with Crippen molar-refractivity contribution in [1.29, 1.82) is 0 Å². The van der Waals surface area contributed by atoms with Gasteiger partial charge in [0.1, 0.15) is 6.04 Å². The van der Waals surface area contributed by atoms with Crippen molar-refractivity contribution in [3.8, 4) is 0 Å². The van der Waals surface area contributed by atoms with Gasteiger partial charge in [-0.25, -0.2) is 0 Å². The van der Waals surface area contributed by atoms with Crippen LogP contribution in [0.15, 0.2) is 54.6 Å². The van der Waals surface area contributed by atoms with Crippen LogP contribution in [0.4, 0.5) is 5.69 Å². The highest BCUT2D eigenvalue weighted by Gasteiger charge is 2.55. The summed E-state index contributed by atoms with van der Waals surface area (Å²) in [5.74, 6) is 0.439. The number of hydrogen-bond acceptors (Lipinski definition) is 2. The predicted octanol–water partition coefficient (Wildman–Crippen LogP) is 3.10. The molecule has 2 heterocycles. The molecule has 1 aliphatic carbocycles. The highest BCUT2D eigenvalue weighted by molar-refractivity contribution is 7.80. The summed E-state index contributed by atoms with van der Waals surface area (Å²) in [6.45, 7) is 0. The molecule has 2 aliphatic heterocycles. The zero-order valence-electron chi connectivity index (χ0n) is 11.8. The predicted molar refractivity (Wildman–Crippen MR) is 90.7 cm³/mol. The first-order valence-corrected chi connectivity index (χ1v) is 7.99. The third-order valence-corrected chi connectivity index (χ3v) is 5.44. The van der Waals surface area contributed by atoms with E-state index in [-0.39, 0.29) is 11.9 Å². The van der Waals surface area contributed by atoms with E-state index in [1.54, 1.807) is 4.90 Å². The van der Waals surface area contributed by atoms with Crippen LogP contribution in [0.1, 0.15) is 6.42 Å². The van der Waals surface area contributed by atoms with Crippen molar-refractivity contribution in [2.75, 3.05) is 4.90 Å². The summed E-state index contributed by atoms with van der Waals surface area (Å²) in [7, 11) is 0. The van der Waals surface area contributed by atoms with Crippen LogP contribution in [0.25, 0.3) is 10.8 Å². The summed E-state index contributed by atoms with van der Waals surface area (Å²) in [6, 6.07) is 14.4. The molecule has 2 aromatic carbocycles. The van der Waals surface area contributed by atoms with E-state index in [4.69, 9.17) is 12.2 Å². The van der Waals surface area contributed by atoms with Gasteiger partial charge in [0, 0.05) is 11.3 Å². The molecule has 2 fully saturated rings. The van der Waals surface area contributed by atoms with E-state index in [1.165, 1.54) is 0 Å². The van der Waals surface area contributed by atoms with Crippen molar-refractivity contribution in [2.45, 2.75) is 18.5 Å². The van der Waals surface area contributed by atoms with Gasteiger partial charge in [-0.1, -0.05) is 48.6 Å². The number of amides is 1. The Morgan fingerprint density at radius 1 is 1.05 bits per heavy atom. The Morgan fingerprint density at radius 2 is 1.86 bits per heavy atom. The Labute approximate surface area is 133 Å². The molecule has 0 radical (unpaired) electrons. The molecule has 3 aliphatic rings. The van der Waals surface area contributed by atoms with Crippen LogP contribution < -0.4 is 4.90 Å². The standard InChI is InChI=1S/C18H14N2OS/c21-17-16-12-8-9-13(10-12)19(16)18(22)20(17)15-7-3-5-11-4-1-2-6-14(11)15/h1-9,12-13,16H,10H2/t12-,13+,16?/m1/s1. The second kappa shape index (κ2) is 4.17. The monoisotopic (exact) mass is 306 g/mol. The molecule has 0 aromatic heterocycles. The van der Waals surface area contributed by atoms with E-state index in [0.717, 1.165) is 22.9 Å². The molecule has 2 bridgehead atoms.